The predicted octanol–water partition coefficient (Wildman–Crippen LogP) is 4.27. The number of hydrogen-bond donors (Lipinski definition) is 0. The highest BCUT2D eigenvalue weighted by molar-refractivity contribution is 7.99. The fourth-order valence-corrected chi connectivity index (χ4v) is 3.51. The van der Waals surface area contributed by atoms with Crippen molar-refractivity contribution in [1.82, 2.24) is 14.8 Å². The first-order valence-electron chi connectivity index (χ1n) is 7.08. The van der Waals surface area contributed by atoms with Gasteiger partial charge < -0.3 is 4.57 Å². The van der Waals surface area contributed by atoms with Gasteiger partial charge in [-0.25, -0.2) is 0 Å². The highest BCUT2D eigenvalue weighted by Crippen LogP contribution is 2.19. The zero-order valence-electron chi connectivity index (χ0n) is 12.3. The van der Waals surface area contributed by atoms with Gasteiger partial charge in [-0.1, -0.05) is 60.3 Å². The summed E-state index contributed by atoms with van der Waals surface area (Å²) < 4.78 is 2.08. The molecule has 0 saturated heterocycles. The first-order chi connectivity index (χ1) is 10.8. The van der Waals surface area contributed by atoms with E-state index in [1.54, 1.807) is 23.1 Å². The Morgan fingerprint density at radius 2 is 2.00 bits per heavy atom. The molecule has 2 heterocycles. The van der Waals surface area contributed by atoms with Crippen molar-refractivity contribution < 1.29 is 0 Å². The van der Waals surface area contributed by atoms with E-state index in [0.29, 0.717) is 0 Å². The molecule has 0 aliphatic carbocycles. The third-order valence-electron chi connectivity index (χ3n) is 3.26. The highest BCUT2D eigenvalue weighted by Gasteiger charge is 2.09. The minimum absolute atomic E-state index is 0.849. The van der Waals surface area contributed by atoms with E-state index >= 15 is 0 Å². The van der Waals surface area contributed by atoms with Crippen molar-refractivity contribution in [1.29, 1.82) is 0 Å². The molecular weight excluding hydrogens is 310 g/mol. The topological polar surface area (TPSA) is 30.7 Å². The lowest BCUT2D eigenvalue weighted by Gasteiger charge is -2.01. The fraction of sp³-hybridized carbons (Fsp3) is 0.176. The van der Waals surface area contributed by atoms with E-state index in [1.165, 1.54) is 10.4 Å². The molecule has 0 N–H and O–H groups in total. The van der Waals surface area contributed by atoms with Crippen LogP contribution in [0.2, 0.25) is 0 Å². The third kappa shape index (κ3) is 3.87. The Kier molecular flexibility index (Phi) is 5.08. The maximum Gasteiger partial charge on any atom is 0.191 e. The van der Waals surface area contributed by atoms with E-state index in [0.717, 1.165) is 23.2 Å². The molecule has 2 aromatic heterocycles. The molecule has 0 aliphatic rings. The normalized spacial score (nSPS) is 11.3. The van der Waals surface area contributed by atoms with Crippen LogP contribution in [0.15, 0.2) is 59.1 Å². The molecule has 0 atom stereocenters. The number of thioether (sulfide) groups is 1. The maximum atomic E-state index is 4.30. The molecule has 5 heteroatoms. The summed E-state index contributed by atoms with van der Waals surface area (Å²) in [6.07, 6.45) is 5.14. The van der Waals surface area contributed by atoms with Crippen LogP contribution in [0.25, 0.3) is 6.08 Å². The van der Waals surface area contributed by atoms with E-state index < -0.39 is 0 Å². The summed E-state index contributed by atoms with van der Waals surface area (Å²) in [4.78, 5) is 1.32. The second kappa shape index (κ2) is 7.42. The van der Waals surface area contributed by atoms with Gasteiger partial charge in [-0.05, 0) is 17.0 Å². The van der Waals surface area contributed by atoms with Crippen molar-refractivity contribution >= 4 is 29.2 Å². The molecule has 3 aromatic rings. The quantitative estimate of drug-likeness (QED) is 0.633. The molecule has 112 valence electrons. The lowest BCUT2D eigenvalue weighted by atomic mass is 10.2. The van der Waals surface area contributed by atoms with Gasteiger partial charge in [-0.2, -0.15) is 0 Å². The molecular formula is C17H17N3S2. The minimum atomic E-state index is 0.849. The summed E-state index contributed by atoms with van der Waals surface area (Å²) in [5.41, 5.74) is 1.22. The minimum Gasteiger partial charge on any atom is -0.309 e. The smallest absolute Gasteiger partial charge is 0.191 e. The average molecular weight is 327 g/mol. The van der Waals surface area contributed by atoms with Gasteiger partial charge in [0.1, 0.15) is 5.82 Å². The van der Waals surface area contributed by atoms with E-state index in [9.17, 15) is 0 Å². The molecule has 0 fully saturated rings. The van der Waals surface area contributed by atoms with Gasteiger partial charge in [-0.15, -0.1) is 21.5 Å². The fourth-order valence-electron chi connectivity index (χ4n) is 2.06. The molecule has 0 saturated carbocycles. The average Bonchev–Trinajstić information content (AvgIpc) is 3.17. The molecule has 0 radical (unpaired) electrons. The van der Waals surface area contributed by atoms with Gasteiger partial charge in [0, 0.05) is 24.1 Å². The lowest BCUT2D eigenvalue weighted by Crippen LogP contribution is -1.99. The first-order valence-corrected chi connectivity index (χ1v) is 8.94. The third-order valence-corrected chi connectivity index (χ3v) is 5.11. The van der Waals surface area contributed by atoms with E-state index in [1.807, 2.05) is 25.2 Å². The highest BCUT2D eigenvalue weighted by atomic mass is 32.2. The number of nitrogens with zero attached hydrogens (tertiary/aromatic N) is 3. The second-order valence-electron chi connectivity index (χ2n) is 4.84. The standard InChI is InChI=1S/C17H17N3S2/c1-20-16(13-15-10-6-11-21-15)18-19-17(20)22-12-5-9-14-7-3-2-4-8-14/h2-11H,12-13H2,1H3. The second-order valence-corrected chi connectivity index (χ2v) is 6.86. The Morgan fingerprint density at radius 3 is 2.77 bits per heavy atom. The maximum absolute atomic E-state index is 4.30. The molecule has 0 bridgehead atoms. The molecule has 0 aliphatic heterocycles. The van der Waals surface area contributed by atoms with Crippen molar-refractivity contribution in [2.24, 2.45) is 7.05 Å². The Morgan fingerprint density at radius 1 is 1.14 bits per heavy atom. The number of thiophene rings is 1. The van der Waals surface area contributed by atoms with Crippen LogP contribution in [0, 0.1) is 0 Å². The molecule has 0 unspecified atom stereocenters. The summed E-state index contributed by atoms with van der Waals surface area (Å²) in [6, 6.07) is 14.5. The van der Waals surface area contributed by atoms with Crippen LogP contribution >= 0.6 is 23.1 Å². The summed E-state index contributed by atoms with van der Waals surface area (Å²) >= 11 is 3.46. The lowest BCUT2D eigenvalue weighted by molar-refractivity contribution is 0.751. The zero-order chi connectivity index (χ0) is 15.2. The number of benzene rings is 1. The van der Waals surface area contributed by atoms with Gasteiger partial charge in [0.15, 0.2) is 5.16 Å². The van der Waals surface area contributed by atoms with E-state index in [2.05, 4.69) is 56.6 Å². The van der Waals surface area contributed by atoms with Crippen molar-refractivity contribution in [2.75, 3.05) is 5.75 Å². The van der Waals surface area contributed by atoms with Crippen molar-refractivity contribution in [3.8, 4) is 0 Å². The van der Waals surface area contributed by atoms with E-state index in [4.69, 9.17) is 0 Å². The summed E-state index contributed by atoms with van der Waals surface area (Å²) in [6.45, 7) is 0. The van der Waals surface area contributed by atoms with Gasteiger partial charge in [0.2, 0.25) is 0 Å². The van der Waals surface area contributed by atoms with Crippen LogP contribution < -0.4 is 0 Å². The summed E-state index contributed by atoms with van der Waals surface area (Å²) in [5, 5.41) is 11.6. The van der Waals surface area contributed by atoms with Gasteiger partial charge in [0.05, 0.1) is 0 Å². The van der Waals surface area contributed by atoms with Crippen molar-refractivity contribution in [3.05, 3.63) is 70.2 Å². The van der Waals surface area contributed by atoms with E-state index in [-0.39, 0.29) is 0 Å². The Hall–Kier alpha value is -1.85. The number of rotatable bonds is 6. The molecule has 0 spiro atoms. The van der Waals surface area contributed by atoms with Crippen LogP contribution in [0.3, 0.4) is 0 Å². The molecule has 3 rings (SSSR count). The first kappa shape index (κ1) is 15.1. The predicted molar refractivity (Wildman–Crippen MR) is 94.3 cm³/mol. The molecule has 22 heavy (non-hydrogen) atoms. The Labute approximate surface area is 138 Å². The van der Waals surface area contributed by atoms with Crippen LogP contribution in [-0.2, 0) is 13.5 Å². The van der Waals surface area contributed by atoms with Crippen molar-refractivity contribution in [3.63, 3.8) is 0 Å². The summed E-state index contributed by atoms with van der Waals surface area (Å²) in [5.74, 6) is 1.90. The van der Waals surface area contributed by atoms with Gasteiger partial charge in [0.25, 0.3) is 0 Å². The number of aromatic nitrogens is 3. The summed E-state index contributed by atoms with van der Waals surface area (Å²) in [7, 11) is 2.03. The largest absolute Gasteiger partial charge is 0.309 e. The van der Waals surface area contributed by atoms with Gasteiger partial charge in [-0.3, -0.25) is 0 Å². The molecule has 1 aromatic carbocycles. The van der Waals surface area contributed by atoms with Crippen LogP contribution in [-0.4, -0.2) is 20.5 Å². The zero-order valence-corrected chi connectivity index (χ0v) is 14.0. The Bertz CT molecular complexity index is 731. The Balaban J connectivity index is 1.57. The molecule has 0 amide bonds. The van der Waals surface area contributed by atoms with Crippen LogP contribution in [0.4, 0.5) is 0 Å². The van der Waals surface area contributed by atoms with Crippen molar-refractivity contribution in [2.45, 2.75) is 11.6 Å². The SMILES string of the molecule is Cn1c(Cc2cccs2)nnc1SCC=Cc1ccccc1. The van der Waals surface area contributed by atoms with Crippen LogP contribution in [0.5, 0.6) is 0 Å². The van der Waals surface area contributed by atoms with Gasteiger partial charge >= 0.3 is 0 Å². The molecule has 3 nitrogen and oxygen atoms in total. The monoisotopic (exact) mass is 327 g/mol. The van der Waals surface area contributed by atoms with Crippen LogP contribution in [0.1, 0.15) is 16.3 Å². The number of hydrogen-bond acceptors (Lipinski definition) is 4.